The highest BCUT2D eigenvalue weighted by Gasteiger charge is 2.16. The maximum Gasteiger partial charge on any atom is 0.262 e. The Labute approximate surface area is 190 Å². The van der Waals surface area contributed by atoms with Crippen molar-refractivity contribution in [3.05, 3.63) is 63.4 Å². The van der Waals surface area contributed by atoms with Crippen molar-refractivity contribution in [2.24, 2.45) is 0 Å². The number of amides is 1. The number of benzene rings is 2. The first-order valence-electron chi connectivity index (χ1n) is 10.1. The molecule has 6 nitrogen and oxygen atoms in total. The summed E-state index contributed by atoms with van der Waals surface area (Å²) in [5, 5.41) is 4.27. The van der Waals surface area contributed by atoms with Gasteiger partial charge in [-0.2, -0.15) is 0 Å². The predicted molar refractivity (Wildman–Crippen MR) is 126 cm³/mol. The van der Waals surface area contributed by atoms with Gasteiger partial charge >= 0.3 is 0 Å². The number of nitrogens with one attached hydrogen (secondary N) is 1. The molecule has 31 heavy (non-hydrogen) atoms. The van der Waals surface area contributed by atoms with Gasteiger partial charge in [0.1, 0.15) is 0 Å². The van der Waals surface area contributed by atoms with Crippen molar-refractivity contribution in [1.82, 2.24) is 9.55 Å². The average molecular weight is 458 g/mol. The number of nitrogens with zero attached hydrogens (tertiary/aromatic N) is 2. The zero-order valence-corrected chi connectivity index (χ0v) is 19.2. The van der Waals surface area contributed by atoms with E-state index in [2.05, 4.69) is 10.3 Å². The maximum absolute atomic E-state index is 12.9. The van der Waals surface area contributed by atoms with E-state index in [1.165, 1.54) is 11.8 Å². The predicted octanol–water partition coefficient (Wildman–Crippen LogP) is 5.34. The van der Waals surface area contributed by atoms with E-state index in [9.17, 15) is 14.4 Å². The number of fused-ring (bicyclic) bond motifs is 1. The number of ketones is 1. The maximum atomic E-state index is 12.9. The number of thioether (sulfide) groups is 1. The Morgan fingerprint density at radius 2 is 1.87 bits per heavy atom. The third-order valence-electron chi connectivity index (χ3n) is 4.65. The van der Waals surface area contributed by atoms with Gasteiger partial charge in [-0.15, -0.1) is 0 Å². The molecule has 0 radical (unpaired) electrons. The quantitative estimate of drug-likeness (QED) is 0.280. The molecule has 1 heterocycles. The van der Waals surface area contributed by atoms with E-state index in [0.717, 1.165) is 6.42 Å². The minimum absolute atomic E-state index is 0.0497. The third kappa shape index (κ3) is 5.54. The van der Waals surface area contributed by atoms with Crippen LogP contribution in [0, 0.1) is 0 Å². The lowest BCUT2D eigenvalue weighted by atomic mass is 10.1. The van der Waals surface area contributed by atoms with Crippen molar-refractivity contribution >= 4 is 51.6 Å². The normalized spacial score (nSPS) is 11.1. The summed E-state index contributed by atoms with van der Waals surface area (Å²) in [5.41, 5.74) is 1.54. The van der Waals surface area contributed by atoms with Gasteiger partial charge in [0.05, 0.1) is 16.7 Å². The van der Waals surface area contributed by atoms with E-state index in [4.69, 9.17) is 11.6 Å². The Bertz CT molecular complexity index is 1170. The molecule has 3 aromatic rings. The van der Waals surface area contributed by atoms with Gasteiger partial charge in [0.15, 0.2) is 10.9 Å². The zero-order chi connectivity index (χ0) is 22.5. The second-order valence-electron chi connectivity index (χ2n) is 7.41. The number of rotatable bonds is 8. The van der Waals surface area contributed by atoms with E-state index < -0.39 is 0 Å². The summed E-state index contributed by atoms with van der Waals surface area (Å²) in [6.45, 7) is 5.75. The molecule has 0 unspecified atom stereocenters. The fraction of sp³-hybridized carbons (Fsp3) is 0.304. The molecule has 0 aliphatic carbocycles. The van der Waals surface area contributed by atoms with Gasteiger partial charge in [0.25, 0.3) is 5.56 Å². The first-order chi connectivity index (χ1) is 14.8. The fourth-order valence-electron chi connectivity index (χ4n) is 3.11. The molecular formula is C23H24ClN3O3S. The summed E-state index contributed by atoms with van der Waals surface area (Å²) >= 11 is 7.28. The number of anilines is 1. The van der Waals surface area contributed by atoms with Crippen LogP contribution in [0.15, 0.2) is 52.4 Å². The van der Waals surface area contributed by atoms with Gasteiger partial charge < -0.3 is 5.32 Å². The average Bonchev–Trinajstić information content (AvgIpc) is 2.72. The lowest BCUT2D eigenvalue weighted by Gasteiger charge is -2.16. The van der Waals surface area contributed by atoms with Crippen LogP contribution in [-0.4, -0.2) is 27.0 Å². The summed E-state index contributed by atoms with van der Waals surface area (Å²) in [4.78, 5) is 41.9. The van der Waals surface area contributed by atoms with Gasteiger partial charge in [0, 0.05) is 28.7 Å². The van der Waals surface area contributed by atoms with Crippen LogP contribution in [0.3, 0.4) is 0 Å². The van der Waals surface area contributed by atoms with Crippen molar-refractivity contribution in [2.75, 3.05) is 11.1 Å². The molecule has 1 aromatic heterocycles. The SMILES string of the molecule is CCCC(=O)Nc1ccc(C(=O)CSc2nc3cc(Cl)ccc3c(=O)n2C(C)C)cc1. The molecule has 162 valence electrons. The summed E-state index contributed by atoms with van der Waals surface area (Å²) in [5.74, 6) is -0.00860. The Kier molecular flexibility index (Phi) is 7.51. The molecule has 2 aromatic carbocycles. The van der Waals surface area contributed by atoms with Crippen molar-refractivity contribution in [1.29, 1.82) is 0 Å². The van der Waals surface area contributed by atoms with E-state index in [-0.39, 0.29) is 29.0 Å². The first kappa shape index (κ1) is 23.0. The van der Waals surface area contributed by atoms with Gasteiger partial charge in [-0.25, -0.2) is 4.98 Å². The number of carbonyl (C=O) groups is 2. The molecule has 3 rings (SSSR count). The summed E-state index contributed by atoms with van der Waals surface area (Å²) in [7, 11) is 0. The highest BCUT2D eigenvalue weighted by molar-refractivity contribution is 7.99. The molecular weight excluding hydrogens is 434 g/mol. The van der Waals surface area contributed by atoms with Crippen LogP contribution in [0.5, 0.6) is 0 Å². The molecule has 8 heteroatoms. The van der Waals surface area contributed by atoms with Crippen LogP contribution in [0.4, 0.5) is 5.69 Å². The van der Waals surface area contributed by atoms with E-state index in [1.54, 1.807) is 47.0 Å². The van der Waals surface area contributed by atoms with Crippen LogP contribution in [0.1, 0.15) is 50.0 Å². The number of hydrogen-bond donors (Lipinski definition) is 1. The topological polar surface area (TPSA) is 81.1 Å². The molecule has 0 saturated carbocycles. The Balaban J connectivity index is 1.78. The van der Waals surface area contributed by atoms with Crippen LogP contribution in [0.2, 0.25) is 5.02 Å². The number of hydrogen-bond acceptors (Lipinski definition) is 5. The highest BCUT2D eigenvalue weighted by Crippen LogP contribution is 2.24. The minimum atomic E-state index is -0.154. The van der Waals surface area contributed by atoms with E-state index in [1.807, 2.05) is 20.8 Å². The molecule has 0 fully saturated rings. The van der Waals surface area contributed by atoms with Crippen LogP contribution < -0.4 is 10.9 Å². The summed E-state index contributed by atoms with van der Waals surface area (Å²) in [6.07, 6.45) is 1.23. The molecule has 0 spiro atoms. The largest absolute Gasteiger partial charge is 0.326 e. The van der Waals surface area contributed by atoms with Gasteiger partial charge in [-0.3, -0.25) is 19.0 Å². The minimum Gasteiger partial charge on any atom is -0.326 e. The summed E-state index contributed by atoms with van der Waals surface area (Å²) in [6, 6.07) is 11.7. The van der Waals surface area contributed by atoms with Gasteiger partial charge in [-0.05, 0) is 62.7 Å². The number of Topliss-reactive ketones (excluding diaryl/α,β-unsaturated/α-hetero) is 1. The van der Waals surface area contributed by atoms with Gasteiger partial charge in [0.2, 0.25) is 5.91 Å². The monoisotopic (exact) mass is 457 g/mol. The number of aromatic nitrogens is 2. The first-order valence-corrected chi connectivity index (χ1v) is 11.4. The van der Waals surface area contributed by atoms with Crippen molar-refractivity contribution in [3.8, 4) is 0 Å². The summed E-state index contributed by atoms with van der Waals surface area (Å²) < 4.78 is 1.60. The van der Waals surface area contributed by atoms with Crippen LogP contribution in [0.25, 0.3) is 10.9 Å². The van der Waals surface area contributed by atoms with E-state index >= 15 is 0 Å². The fourth-order valence-corrected chi connectivity index (χ4v) is 4.30. The lowest BCUT2D eigenvalue weighted by molar-refractivity contribution is -0.116. The van der Waals surface area contributed by atoms with Crippen LogP contribution >= 0.6 is 23.4 Å². The molecule has 0 aliphatic rings. The second kappa shape index (κ2) is 10.1. The van der Waals surface area contributed by atoms with E-state index in [0.29, 0.717) is 38.8 Å². The lowest BCUT2D eigenvalue weighted by Crippen LogP contribution is -2.25. The smallest absolute Gasteiger partial charge is 0.262 e. The second-order valence-corrected chi connectivity index (χ2v) is 8.79. The number of halogens is 1. The Morgan fingerprint density at radius 1 is 1.16 bits per heavy atom. The third-order valence-corrected chi connectivity index (χ3v) is 5.84. The zero-order valence-electron chi connectivity index (χ0n) is 17.6. The molecule has 0 aliphatic heterocycles. The molecule has 0 atom stereocenters. The molecule has 0 bridgehead atoms. The molecule has 1 N–H and O–H groups in total. The molecule has 0 saturated heterocycles. The highest BCUT2D eigenvalue weighted by atomic mass is 35.5. The molecule has 1 amide bonds. The van der Waals surface area contributed by atoms with Gasteiger partial charge in [-0.1, -0.05) is 30.3 Å². The van der Waals surface area contributed by atoms with Crippen molar-refractivity contribution in [2.45, 2.75) is 44.8 Å². The standard InChI is InChI=1S/C23H24ClN3O3S/c1-4-5-21(29)25-17-9-6-15(7-10-17)20(28)13-31-23-26-19-12-16(24)8-11-18(19)22(30)27(23)14(2)3/h6-12,14H,4-5,13H2,1-3H3,(H,25,29). The number of carbonyl (C=O) groups excluding carboxylic acids is 2. The van der Waals surface area contributed by atoms with Crippen LogP contribution in [-0.2, 0) is 4.79 Å². The Morgan fingerprint density at radius 3 is 2.52 bits per heavy atom. The van der Waals surface area contributed by atoms with Crippen molar-refractivity contribution in [3.63, 3.8) is 0 Å². The van der Waals surface area contributed by atoms with Crippen molar-refractivity contribution < 1.29 is 9.59 Å². The Hall–Kier alpha value is -2.64.